The van der Waals surface area contributed by atoms with E-state index in [4.69, 9.17) is 4.74 Å². The molecule has 0 aliphatic heterocycles. The number of esters is 1. The van der Waals surface area contributed by atoms with Gasteiger partial charge in [-0.3, -0.25) is 4.79 Å². The average Bonchev–Trinajstić information content (AvgIpc) is 2.36. The zero-order chi connectivity index (χ0) is 13.5. The van der Waals surface area contributed by atoms with Crippen molar-refractivity contribution in [2.24, 2.45) is 11.8 Å². The lowest BCUT2D eigenvalue weighted by Gasteiger charge is -2.22. The van der Waals surface area contributed by atoms with Crippen LogP contribution in [0.3, 0.4) is 0 Å². The largest absolute Gasteiger partial charge is 0.469 e. The molecule has 0 radical (unpaired) electrons. The number of rotatable bonds is 6. The molecule has 0 saturated heterocycles. The fourth-order valence-corrected chi connectivity index (χ4v) is 2.07. The molecule has 1 N–H and O–H groups in total. The molecule has 18 heavy (non-hydrogen) atoms. The van der Waals surface area contributed by atoms with Crippen molar-refractivity contribution < 1.29 is 14.6 Å². The molecule has 0 unspecified atom stereocenters. The minimum absolute atomic E-state index is 0.327. The molecule has 0 aromatic heterocycles. The number of carbonyl (C=O) groups is 1. The fourth-order valence-electron chi connectivity index (χ4n) is 2.07. The van der Waals surface area contributed by atoms with E-state index in [1.54, 1.807) is 0 Å². The van der Waals surface area contributed by atoms with Crippen LogP contribution in [-0.4, -0.2) is 24.3 Å². The molecule has 0 spiro atoms. The van der Waals surface area contributed by atoms with Crippen LogP contribution in [0.2, 0.25) is 0 Å². The quantitative estimate of drug-likeness (QED) is 0.789. The fraction of sp³-hybridized carbons (Fsp3) is 0.533. The first-order valence-corrected chi connectivity index (χ1v) is 6.34. The number of aliphatic hydroxyl groups is 1. The van der Waals surface area contributed by atoms with Gasteiger partial charge in [0.25, 0.3) is 0 Å². The maximum atomic E-state index is 11.7. The molecule has 1 aromatic carbocycles. The van der Waals surface area contributed by atoms with Crippen LogP contribution in [-0.2, 0) is 16.0 Å². The Labute approximate surface area is 109 Å². The van der Waals surface area contributed by atoms with Crippen molar-refractivity contribution in [2.75, 3.05) is 7.11 Å². The Morgan fingerprint density at radius 2 is 1.89 bits per heavy atom. The van der Waals surface area contributed by atoms with Crippen molar-refractivity contribution in [1.82, 2.24) is 0 Å². The van der Waals surface area contributed by atoms with Crippen molar-refractivity contribution in [3.8, 4) is 0 Å². The lowest BCUT2D eigenvalue weighted by atomic mass is 9.89. The normalized spacial score (nSPS) is 14.3. The zero-order valence-electron chi connectivity index (χ0n) is 11.3. The number of benzene rings is 1. The second kappa shape index (κ2) is 7.17. The molecule has 0 saturated carbocycles. The Morgan fingerprint density at radius 1 is 1.28 bits per heavy atom. The minimum Gasteiger partial charge on any atom is -0.469 e. The Hall–Kier alpha value is -1.35. The first-order chi connectivity index (χ1) is 8.54. The lowest BCUT2D eigenvalue weighted by molar-refractivity contribution is -0.150. The Bertz CT molecular complexity index is 359. The van der Waals surface area contributed by atoms with Crippen LogP contribution in [0.4, 0.5) is 0 Å². The van der Waals surface area contributed by atoms with Gasteiger partial charge in [-0.05, 0) is 24.3 Å². The van der Waals surface area contributed by atoms with E-state index >= 15 is 0 Å². The van der Waals surface area contributed by atoms with Gasteiger partial charge >= 0.3 is 5.97 Å². The van der Waals surface area contributed by atoms with E-state index < -0.39 is 12.0 Å². The van der Waals surface area contributed by atoms with Gasteiger partial charge in [0.05, 0.1) is 19.1 Å². The van der Waals surface area contributed by atoms with Crippen LogP contribution in [0.15, 0.2) is 30.3 Å². The summed E-state index contributed by atoms with van der Waals surface area (Å²) in [6.45, 7) is 4.07. The first kappa shape index (κ1) is 14.7. The van der Waals surface area contributed by atoms with Crippen LogP contribution in [0, 0.1) is 11.8 Å². The SMILES string of the molecule is COC(=O)[C@@H](CC(C)C)[C@H](O)Cc1ccccc1. The van der Waals surface area contributed by atoms with E-state index in [2.05, 4.69) is 0 Å². The molecular formula is C15H22O3. The molecular weight excluding hydrogens is 228 g/mol. The number of hydrogen-bond acceptors (Lipinski definition) is 3. The van der Waals surface area contributed by atoms with E-state index in [9.17, 15) is 9.90 Å². The molecule has 3 nitrogen and oxygen atoms in total. The average molecular weight is 250 g/mol. The third kappa shape index (κ3) is 4.49. The van der Waals surface area contributed by atoms with Gasteiger partial charge in [0.1, 0.15) is 0 Å². The summed E-state index contributed by atoms with van der Waals surface area (Å²) < 4.78 is 4.77. The molecule has 2 atom stereocenters. The molecule has 0 aliphatic rings. The van der Waals surface area contributed by atoms with Crippen LogP contribution in [0.1, 0.15) is 25.8 Å². The molecule has 0 amide bonds. The van der Waals surface area contributed by atoms with Gasteiger partial charge in [-0.2, -0.15) is 0 Å². The minimum atomic E-state index is -0.692. The van der Waals surface area contributed by atoms with Crippen molar-refractivity contribution in [2.45, 2.75) is 32.8 Å². The molecule has 1 rings (SSSR count). The number of aliphatic hydroxyl groups excluding tert-OH is 1. The highest BCUT2D eigenvalue weighted by molar-refractivity contribution is 5.73. The van der Waals surface area contributed by atoms with E-state index in [-0.39, 0.29) is 5.97 Å². The number of hydrogen-bond donors (Lipinski definition) is 1. The first-order valence-electron chi connectivity index (χ1n) is 6.34. The summed E-state index contributed by atoms with van der Waals surface area (Å²) in [6.07, 6.45) is 0.427. The highest BCUT2D eigenvalue weighted by Gasteiger charge is 2.28. The van der Waals surface area contributed by atoms with Crippen molar-refractivity contribution in [1.29, 1.82) is 0 Å². The Balaban J connectivity index is 2.70. The smallest absolute Gasteiger partial charge is 0.311 e. The zero-order valence-corrected chi connectivity index (χ0v) is 11.3. The topological polar surface area (TPSA) is 46.5 Å². The van der Waals surface area contributed by atoms with Gasteiger partial charge in [0, 0.05) is 0 Å². The van der Waals surface area contributed by atoms with E-state index in [0.29, 0.717) is 18.8 Å². The van der Waals surface area contributed by atoms with Gasteiger partial charge in [0.2, 0.25) is 0 Å². The summed E-state index contributed by atoms with van der Waals surface area (Å²) in [6, 6.07) is 9.69. The van der Waals surface area contributed by atoms with Gasteiger partial charge in [-0.15, -0.1) is 0 Å². The monoisotopic (exact) mass is 250 g/mol. The van der Waals surface area contributed by atoms with Gasteiger partial charge in [-0.25, -0.2) is 0 Å². The van der Waals surface area contributed by atoms with Crippen molar-refractivity contribution >= 4 is 5.97 Å². The van der Waals surface area contributed by atoms with Gasteiger partial charge in [-0.1, -0.05) is 44.2 Å². The maximum absolute atomic E-state index is 11.7. The second-order valence-electron chi connectivity index (χ2n) is 5.02. The molecule has 0 heterocycles. The van der Waals surface area contributed by atoms with Crippen molar-refractivity contribution in [3.63, 3.8) is 0 Å². The lowest BCUT2D eigenvalue weighted by Crippen LogP contribution is -2.32. The number of methoxy groups -OCH3 is 1. The molecule has 1 aromatic rings. The predicted octanol–water partition coefficient (Wildman–Crippen LogP) is 2.43. The molecule has 0 fully saturated rings. The van der Waals surface area contributed by atoms with Crippen LogP contribution >= 0.6 is 0 Å². The Kier molecular flexibility index (Phi) is 5.86. The van der Waals surface area contributed by atoms with Gasteiger partial charge < -0.3 is 9.84 Å². The third-order valence-corrected chi connectivity index (χ3v) is 2.98. The number of ether oxygens (including phenoxy) is 1. The predicted molar refractivity (Wildman–Crippen MR) is 71.1 cm³/mol. The maximum Gasteiger partial charge on any atom is 0.311 e. The van der Waals surface area contributed by atoms with E-state index in [1.165, 1.54) is 7.11 Å². The van der Waals surface area contributed by atoms with Crippen LogP contribution in [0.5, 0.6) is 0 Å². The Morgan fingerprint density at radius 3 is 2.39 bits per heavy atom. The number of carbonyl (C=O) groups excluding carboxylic acids is 1. The molecule has 0 aliphatic carbocycles. The summed E-state index contributed by atoms with van der Waals surface area (Å²) >= 11 is 0. The third-order valence-electron chi connectivity index (χ3n) is 2.98. The van der Waals surface area contributed by atoms with Gasteiger partial charge in [0.15, 0.2) is 0 Å². The highest BCUT2D eigenvalue weighted by Crippen LogP contribution is 2.20. The van der Waals surface area contributed by atoms with E-state index in [0.717, 1.165) is 5.56 Å². The standard InChI is InChI=1S/C15H22O3/c1-11(2)9-13(15(17)18-3)14(16)10-12-7-5-4-6-8-12/h4-8,11,13-14,16H,9-10H2,1-3H3/t13-,14+/m0/s1. The summed E-state index contributed by atoms with van der Waals surface area (Å²) in [4.78, 5) is 11.7. The molecule has 0 bridgehead atoms. The molecule has 100 valence electrons. The summed E-state index contributed by atoms with van der Waals surface area (Å²) in [5.74, 6) is -0.429. The summed E-state index contributed by atoms with van der Waals surface area (Å²) in [5.41, 5.74) is 1.03. The van der Waals surface area contributed by atoms with Crippen LogP contribution < -0.4 is 0 Å². The highest BCUT2D eigenvalue weighted by atomic mass is 16.5. The molecule has 3 heteroatoms. The van der Waals surface area contributed by atoms with E-state index in [1.807, 2.05) is 44.2 Å². The van der Waals surface area contributed by atoms with Crippen LogP contribution in [0.25, 0.3) is 0 Å². The summed E-state index contributed by atoms with van der Waals surface area (Å²) in [5, 5.41) is 10.2. The van der Waals surface area contributed by atoms with Crippen molar-refractivity contribution in [3.05, 3.63) is 35.9 Å². The summed E-state index contributed by atoms with van der Waals surface area (Å²) in [7, 11) is 1.37. The second-order valence-corrected chi connectivity index (χ2v) is 5.02.